The van der Waals surface area contributed by atoms with Crippen LogP contribution in [0.1, 0.15) is 11.7 Å². The summed E-state index contributed by atoms with van der Waals surface area (Å²) in [5, 5.41) is 27.0. The maximum atomic E-state index is 13.0. The van der Waals surface area contributed by atoms with Crippen LogP contribution in [0.5, 0.6) is 11.5 Å². The molecule has 4 nitrogen and oxygen atoms in total. The van der Waals surface area contributed by atoms with Gasteiger partial charge in [-0.15, -0.1) is 0 Å². The van der Waals surface area contributed by atoms with Crippen LogP contribution in [0.15, 0.2) is 12.1 Å². The van der Waals surface area contributed by atoms with Crippen molar-refractivity contribution in [2.24, 2.45) is 5.73 Å². The Morgan fingerprint density at radius 3 is 2.38 bits per heavy atom. The average molecular weight is 187 g/mol. The van der Waals surface area contributed by atoms with Crippen LogP contribution in [0, 0.1) is 5.82 Å². The summed E-state index contributed by atoms with van der Waals surface area (Å²) in [6, 6.07) is 1.67. The second-order valence-electron chi connectivity index (χ2n) is 2.61. The van der Waals surface area contributed by atoms with Crippen molar-refractivity contribution >= 4 is 0 Å². The third-order valence-corrected chi connectivity index (χ3v) is 1.68. The first kappa shape index (κ1) is 9.76. The molecule has 0 bridgehead atoms. The Kier molecular flexibility index (Phi) is 2.69. The van der Waals surface area contributed by atoms with Crippen LogP contribution < -0.4 is 5.73 Å². The third-order valence-electron chi connectivity index (χ3n) is 1.68. The van der Waals surface area contributed by atoms with Gasteiger partial charge in [-0.1, -0.05) is 0 Å². The Bertz CT molecular complexity index is 317. The Labute approximate surface area is 74.0 Å². The van der Waals surface area contributed by atoms with Gasteiger partial charge in [0.25, 0.3) is 0 Å². The molecule has 0 radical (unpaired) electrons. The third kappa shape index (κ3) is 1.88. The Hall–Kier alpha value is -1.33. The van der Waals surface area contributed by atoms with Crippen LogP contribution in [0.25, 0.3) is 0 Å². The molecule has 1 aromatic carbocycles. The molecule has 0 fully saturated rings. The Balaban J connectivity index is 3.15. The molecule has 1 aromatic rings. The molecule has 13 heavy (non-hydrogen) atoms. The van der Waals surface area contributed by atoms with E-state index in [4.69, 9.17) is 21.1 Å². The monoisotopic (exact) mass is 187 g/mol. The first-order valence-corrected chi connectivity index (χ1v) is 3.65. The molecule has 1 rings (SSSR count). The number of benzene rings is 1. The maximum absolute atomic E-state index is 13.0. The highest BCUT2D eigenvalue weighted by atomic mass is 19.1. The molecular weight excluding hydrogens is 177 g/mol. The molecule has 0 aliphatic rings. The quantitative estimate of drug-likeness (QED) is 0.499. The van der Waals surface area contributed by atoms with Crippen molar-refractivity contribution < 1.29 is 19.7 Å². The molecule has 72 valence electrons. The van der Waals surface area contributed by atoms with Gasteiger partial charge in [-0.05, 0) is 6.07 Å². The molecule has 0 saturated carbocycles. The largest absolute Gasteiger partial charge is 0.504 e. The molecule has 0 heterocycles. The fourth-order valence-corrected chi connectivity index (χ4v) is 0.950. The topological polar surface area (TPSA) is 86.7 Å². The lowest BCUT2D eigenvalue weighted by Crippen LogP contribution is -2.12. The van der Waals surface area contributed by atoms with Crippen LogP contribution in [-0.2, 0) is 0 Å². The number of rotatable bonds is 2. The van der Waals surface area contributed by atoms with Gasteiger partial charge in [-0.2, -0.15) is 0 Å². The van der Waals surface area contributed by atoms with Gasteiger partial charge in [0.15, 0.2) is 11.5 Å². The predicted octanol–water partition coefficient (Wildman–Crippen LogP) is 0.229. The SMILES string of the molecule is NC[C@@H](O)c1cc(O)c(O)cc1F. The van der Waals surface area contributed by atoms with Gasteiger partial charge in [0.05, 0.1) is 6.10 Å². The molecule has 0 saturated heterocycles. The zero-order valence-corrected chi connectivity index (χ0v) is 6.74. The smallest absolute Gasteiger partial charge is 0.160 e. The van der Waals surface area contributed by atoms with Crippen molar-refractivity contribution in [3.05, 3.63) is 23.5 Å². The molecule has 5 N–H and O–H groups in total. The van der Waals surface area contributed by atoms with E-state index >= 15 is 0 Å². The number of nitrogens with two attached hydrogens (primary N) is 1. The summed E-state index contributed by atoms with van der Waals surface area (Å²) in [4.78, 5) is 0. The second-order valence-corrected chi connectivity index (χ2v) is 2.61. The first-order valence-electron chi connectivity index (χ1n) is 3.65. The molecule has 0 aromatic heterocycles. The highest BCUT2D eigenvalue weighted by Gasteiger charge is 2.14. The lowest BCUT2D eigenvalue weighted by atomic mass is 10.1. The summed E-state index contributed by atoms with van der Waals surface area (Å²) >= 11 is 0. The van der Waals surface area contributed by atoms with Crippen molar-refractivity contribution in [3.63, 3.8) is 0 Å². The summed E-state index contributed by atoms with van der Waals surface area (Å²) < 4.78 is 13.0. The van der Waals surface area contributed by atoms with Crippen molar-refractivity contribution in [1.82, 2.24) is 0 Å². The number of aromatic hydroxyl groups is 2. The first-order chi connectivity index (χ1) is 6.06. The maximum Gasteiger partial charge on any atom is 0.160 e. The highest BCUT2D eigenvalue weighted by molar-refractivity contribution is 5.42. The molecule has 0 aliphatic carbocycles. The van der Waals surface area contributed by atoms with Crippen molar-refractivity contribution in [2.45, 2.75) is 6.10 Å². The Morgan fingerprint density at radius 2 is 1.85 bits per heavy atom. The highest BCUT2D eigenvalue weighted by Crippen LogP contribution is 2.30. The summed E-state index contributed by atoms with van der Waals surface area (Å²) in [5.74, 6) is -1.84. The van der Waals surface area contributed by atoms with E-state index in [1.165, 1.54) is 0 Å². The van der Waals surface area contributed by atoms with Gasteiger partial charge in [0, 0.05) is 18.2 Å². The minimum atomic E-state index is -1.17. The fourth-order valence-electron chi connectivity index (χ4n) is 0.950. The van der Waals surface area contributed by atoms with E-state index in [9.17, 15) is 4.39 Å². The Morgan fingerprint density at radius 1 is 1.31 bits per heavy atom. The summed E-state index contributed by atoms with van der Waals surface area (Å²) in [5.41, 5.74) is 4.97. The van der Waals surface area contributed by atoms with Gasteiger partial charge in [-0.25, -0.2) is 4.39 Å². The summed E-state index contributed by atoms with van der Waals surface area (Å²) in [6.07, 6.45) is -1.17. The van der Waals surface area contributed by atoms with Crippen LogP contribution in [0.2, 0.25) is 0 Å². The predicted molar refractivity (Wildman–Crippen MR) is 43.7 cm³/mol. The number of aliphatic hydroxyl groups is 1. The lowest BCUT2D eigenvalue weighted by Gasteiger charge is -2.10. The van der Waals surface area contributed by atoms with Crippen LogP contribution in [0.3, 0.4) is 0 Å². The molecular formula is C8H10FNO3. The fraction of sp³-hybridized carbons (Fsp3) is 0.250. The van der Waals surface area contributed by atoms with Gasteiger partial charge >= 0.3 is 0 Å². The normalized spacial score (nSPS) is 12.8. The molecule has 0 unspecified atom stereocenters. The number of phenols is 2. The van der Waals surface area contributed by atoms with E-state index in [2.05, 4.69) is 0 Å². The van der Waals surface area contributed by atoms with Crippen LogP contribution in [0.4, 0.5) is 4.39 Å². The van der Waals surface area contributed by atoms with Crippen LogP contribution in [-0.4, -0.2) is 21.9 Å². The number of halogens is 1. The average Bonchev–Trinajstić information content (AvgIpc) is 2.10. The van der Waals surface area contributed by atoms with Gasteiger partial charge < -0.3 is 21.1 Å². The van der Waals surface area contributed by atoms with E-state index in [0.29, 0.717) is 0 Å². The molecule has 5 heteroatoms. The van der Waals surface area contributed by atoms with E-state index in [1.54, 1.807) is 0 Å². The lowest BCUT2D eigenvalue weighted by molar-refractivity contribution is 0.181. The minimum Gasteiger partial charge on any atom is -0.504 e. The van der Waals surface area contributed by atoms with E-state index in [-0.39, 0.29) is 12.1 Å². The molecule has 0 amide bonds. The molecule has 0 spiro atoms. The van der Waals surface area contributed by atoms with Crippen LogP contribution >= 0.6 is 0 Å². The zero-order chi connectivity index (χ0) is 10.0. The van der Waals surface area contributed by atoms with E-state index in [1.807, 2.05) is 0 Å². The number of hydrogen-bond acceptors (Lipinski definition) is 4. The summed E-state index contributed by atoms with van der Waals surface area (Å²) in [7, 11) is 0. The van der Waals surface area contributed by atoms with Gasteiger partial charge in [-0.3, -0.25) is 0 Å². The summed E-state index contributed by atoms with van der Waals surface area (Å²) in [6.45, 7) is -0.152. The van der Waals surface area contributed by atoms with Crippen molar-refractivity contribution in [3.8, 4) is 11.5 Å². The molecule has 1 atom stereocenters. The number of phenolic OH excluding ortho intramolecular Hbond substituents is 2. The number of hydrogen-bond donors (Lipinski definition) is 4. The second kappa shape index (κ2) is 3.59. The van der Waals surface area contributed by atoms with Crippen molar-refractivity contribution in [2.75, 3.05) is 6.54 Å². The van der Waals surface area contributed by atoms with Gasteiger partial charge in [0.2, 0.25) is 0 Å². The molecule has 0 aliphatic heterocycles. The van der Waals surface area contributed by atoms with Crippen molar-refractivity contribution in [1.29, 1.82) is 0 Å². The number of aliphatic hydroxyl groups excluding tert-OH is 1. The van der Waals surface area contributed by atoms with E-state index < -0.39 is 23.4 Å². The zero-order valence-electron chi connectivity index (χ0n) is 6.74. The van der Waals surface area contributed by atoms with Gasteiger partial charge in [0.1, 0.15) is 5.82 Å². The minimum absolute atomic E-state index is 0.127. The van der Waals surface area contributed by atoms with E-state index in [0.717, 1.165) is 12.1 Å². The standard InChI is InChI=1S/C8H10FNO3/c9-5-2-7(12)6(11)1-4(5)8(13)3-10/h1-2,8,11-13H,3,10H2/t8-/m1/s1.